The van der Waals surface area contributed by atoms with Crippen LogP contribution in [0, 0.1) is 46.8 Å². The molecule has 0 aromatic rings. The standard InChI is InChI=1S/C19H24O5/c1-8-4-5-9(2)19(18(23)24-3)15(8)16(21)14-11-6-10(7-12(11)20)13(14)17(19)22/h4-5,8-15,20H,6-7H2,1-3H3/t8-,9+,10+,11-,12?,13?,14?,15?,19?/m0/s1. The highest BCUT2D eigenvalue weighted by molar-refractivity contribution is 6.14. The third-order valence-electron chi connectivity index (χ3n) is 7.28. The van der Waals surface area contributed by atoms with E-state index in [4.69, 9.17) is 4.74 Å². The molecule has 9 atom stereocenters. The monoisotopic (exact) mass is 332 g/mol. The smallest absolute Gasteiger partial charge is 0.320 e. The van der Waals surface area contributed by atoms with E-state index in [1.807, 2.05) is 26.0 Å². The Morgan fingerprint density at radius 1 is 1.21 bits per heavy atom. The van der Waals surface area contributed by atoms with Crippen molar-refractivity contribution >= 4 is 17.5 Å². The maximum absolute atomic E-state index is 13.6. The number of hydrogen-bond donors (Lipinski definition) is 1. The number of aliphatic hydroxyl groups excluding tert-OH is 1. The van der Waals surface area contributed by atoms with Crippen molar-refractivity contribution in [1.82, 2.24) is 0 Å². The first-order valence-electron chi connectivity index (χ1n) is 8.88. The first kappa shape index (κ1) is 16.0. The molecule has 4 rings (SSSR count). The number of hydrogen-bond acceptors (Lipinski definition) is 5. The molecule has 3 fully saturated rings. The van der Waals surface area contributed by atoms with Crippen molar-refractivity contribution in [3.05, 3.63) is 12.2 Å². The number of Topliss-reactive ketones (excluding diaryl/α,β-unsaturated/α-hetero) is 2. The second kappa shape index (κ2) is 5.01. The Labute approximate surface area is 141 Å². The molecule has 3 saturated carbocycles. The van der Waals surface area contributed by atoms with E-state index in [0.717, 1.165) is 0 Å². The summed E-state index contributed by atoms with van der Waals surface area (Å²) in [6, 6.07) is 0. The van der Waals surface area contributed by atoms with Crippen LogP contribution in [0.4, 0.5) is 0 Å². The number of carbonyl (C=O) groups is 3. The van der Waals surface area contributed by atoms with Gasteiger partial charge in [-0.05, 0) is 36.5 Å². The molecular weight excluding hydrogens is 308 g/mol. The van der Waals surface area contributed by atoms with E-state index in [9.17, 15) is 19.5 Å². The summed E-state index contributed by atoms with van der Waals surface area (Å²) in [6.45, 7) is 3.72. The fraction of sp³-hybridized carbons (Fsp3) is 0.737. The summed E-state index contributed by atoms with van der Waals surface area (Å²) in [4.78, 5) is 39.8. The summed E-state index contributed by atoms with van der Waals surface area (Å²) < 4.78 is 5.04. The molecule has 2 bridgehead atoms. The topological polar surface area (TPSA) is 80.7 Å². The van der Waals surface area contributed by atoms with Gasteiger partial charge in [0.15, 0.2) is 5.78 Å². The van der Waals surface area contributed by atoms with Crippen LogP contribution in [0.25, 0.3) is 0 Å². The maximum atomic E-state index is 13.6. The van der Waals surface area contributed by atoms with Gasteiger partial charge in [0.1, 0.15) is 11.2 Å². The Morgan fingerprint density at radius 3 is 2.58 bits per heavy atom. The lowest BCUT2D eigenvalue weighted by atomic mass is 9.47. The first-order chi connectivity index (χ1) is 11.4. The highest BCUT2D eigenvalue weighted by Gasteiger charge is 2.72. The van der Waals surface area contributed by atoms with Crippen molar-refractivity contribution < 1.29 is 24.2 Å². The van der Waals surface area contributed by atoms with Gasteiger partial charge in [0, 0.05) is 17.8 Å². The summed E-state index contributed by atoms with van der Waals surface area (Å²) >= 11 is 0. The fourth-order valence-corrected chi connectivity index (χ4v) is 6.32. The van der Waals surface area contributed by atoms with Gasteiger partial charge in [-0.3, -0.25) is 14.4 Å². The molecule has 0 aromatic carbocycles. The van der Waals surface area contributed by atoms with Gasteiger partial charge in [-0.15, -0.1) is 0 Å². The number of methoxy groups -OCH3 is 1. The van der Waals surface area contributed by atoms with Gasteiger partial charge in [-0.1, -0.05) is 26.0 Å². The van der Waals surface area contributed by atoms with Gasteiger partial charge < -0.3 is 9.84 Å². The van der Waals surface area contributed by atoms with Gasteiger partial charge in [-0.25, -0.2) is 0 Å². The molecule has 24 heavy (non-hydrogen) atoms. The quantitative estimate of drug-likeness (QED) is 0.446. The molecule has 130 valence electrons. The SMILES string of the molecule is COC(=O)C12C(=O)C3C(C(=O)C1[C@@H](C)C=C[C@H]2C)[C@H]1C[C@@H]3CC1O. The van der Waals surface area contributed by atoms with E-state index in [1.54, 1.807) is 0 Å². The second-order valence-corrected chi connectivity index (χ2v) is 8.15. The highest BCUT2D eigenvalue weighted by Crippen LogP contribution is 2.63. The Hall–Kier alpha value is -1.49. The maximum Gasteiger partial charge on any atom is 0.320 e. The molecule has 1 N–H and O–H groups in total. The number of fused-ring (bicyclic) bond motifs is 6. The van der Waals surface area contributed by atoms with E-state index >= 15 is 0 Å². The Balaban J connectivity index is 1.90. The highest BCUT2D eigenvalue weighted by atomic mass is 16.5. The van der Waals surface area contributed by atoms with Gasteiger partial charge in [0.25, 0.3) is 0 Å². The van der Waals surface area contributed by atoms with Gasteiger partial charge in [0.2, 0.25) is 0 Å². The normalized spacial score (nSPS) is 52.2. The lowest BCUT2D eigenvalue weighted by Gasteiger charge is -2.52. The van der Waals surface area contributed by atoms with Crippen LogP contribution in [-0.4, -0.2) is 35.9 Å². The Kier molecular flexibility index (Phi) is 3.34. The van der Waals surface area contributed by atoms with Crippen molar-refractivity contribution in [2.45, 2.75) is 32.8 Å². The Bertz CT molecular complexity index is 652. The summed E-state index contributed by atoms with van der Waals surface area (Å²) in [5.41, 5.74) is -1.39. The minimum Gasteiger partial charge on any atom is -0.468 e. The van der Waals surface area contributed by atoms with Gasteiger partial charge >= 0.3 is 5.97 Å². The number of esters is 1. The minimum absolute atomic E-state index is 0.0139. The number of allylic oxidation sites excluding steroid dienone is 2. The van der Waals surface area contributed by atoms with Crippen LogP contribution >= 0.6 is 0 Å². The molecule has 0 radical (unpaired) electrons. The van der Waals surface area contributed by atoms with Crippen LogP contribution in [-0.2, 0) is 19.1 Å². The molecule has 5 nitrogen and oxygen atoms in total. The molecule has 0 aromatic heterocycles. The molecule has 0 aliphatic heterocycles. The van der Waals surface area contributed by atoms with Crippen LogP contribution in [0.2, 0.25) is 0 Å². The van der Waals surface area contributed by atoms with Gasteiger partial charge in [-0.2, -0.15) is 0 Å². The second-order valence-electron chi connectivity index (χ2n) is 8.15. The van der Waals surface area contributed by atoms with Crippen molar-refractivity contribution in [3.63, 3.8) is 0 Å². The van der Waals surface area contributed by atoms with E-state index in [1.165, 1.54) is 7.11 Å². The predicted octanol–water partition coefficient (Wildman–Crippen LogP) is 1.39. The van der Waals surface area contributed by atoms with E-state index < -0.39 is 35.2 Å². The van der Waals surface area contributed by atoms with E-state index in [-0.39, 0.29) is 35.2 Å². The average molecular weight is 332 g/mol. The molecule has 4 aliphatic carbocycles. The van der Waals surface area contributed by atoms with E-state index in [2.05, 4.69) is 0 Å². The van der Waals surface area contributed by atoms with Crippen LogP contribution in [0.3, 0.4) is 0 Å². The molecule has 0 spiro atoms. The van der Waals surface area contributed by atoms with Crippen molar-refractivity contribution in [3.8, 4) is 0 Å². The number of ether oxygens (including phenoxy) is 1. The third kappa shape index (κ3) is 1.62. The van der Waals surface area contributed by atoms with Crippen LogP contribution < -0.4 is 0 Å². The number of carbonyl (C=O) groups excluding carboxylic acids is 3. The zero-order valence-corrected chi connectivity index (χ0v) is 14.3. The lowest BCUT2D eigenvalue weighted by molar-refractivity contribution is -0.182. The average Bonchev–Trinajstić information content (AvgIpc) is 3.11. The van der Waals surface area contributed by atoms with Crippen molar-refractivity contribution in [1.29, 1.82) is 0 Å². The summed E-state index contributed by atoms with van der Waals surface area (Å²) in [5.74, 6) is -2.88. The van der Waals surface area contributed by atoms with Crippen molar-refractivity contribution in [2.24, 2.45) is 46.8 Å². The third-order valence-corrected chi connectivity index (χ3v) is 7.28. The predicted molar refractivity (Wildman–Crippen MR) is 84.6 cm³/mol. The summed E-state index contributed by atoms with van der Waals surface area (Å²) in [6.07, 6.45) is 4.60. The lowest BCUT2D eigenvalue weighted by Crippen LogP contribution is -2.65. The molecule has 0 amide bonds. The summed E-state index contributed by atoms with van der Waals surface area (Å²) in [5, 5.41) is 10.2. The molecular formula is C19H24O5. The Morgan fingerprint density at radius 2 is 1.92 bits per heavy atom. The fourth-order valence-electron chi connectivity index (χ4n) is 6.32. The van der Waals surface area contributed by atoms with Gasteiger partial charge in [0.05, 0.1) is 13.2 Å². The zero-order valence-electron chi connectivity index (χ0n) is 14.3. The molecule has 5 unspecified atom stereocenters. The van der Waals surface area contributed by atoms with E-state index in [0.29, 0.717) is 12.8 Å². The summed E-state index contributed by atoms with van der Waals surface area (Å²) in [7, 11) is 1.29. The molecule has 4 aliphatic rings. The molecule has 5 heteroatoms. The van der Waals surface area contributed by atoms with Crippen LogP contribution in [0.5, 0.6) is 0 Å². The molecule has 0 saturated heterocycles. The van der Waals surface area contributed by atoms with Crippen LogP contribution in [0.15, 0.2) is 12.2 Å². The molecule has 0 heterocycles. The van der Waals surface area contributed by atoms with Crippen molar-refractivity contribution in [2.75, 3.05) is 7.11 Å². The first-order valence-corrected chi connectivity index (χ1v) is 8.88. The largest absolute Gasteiger partial charge is 0.468 e. The number of ketones is 2. The minimum atomic E-state index is -1.39. The number of rotatable bonds is 1. The van der Waals surface area contributed by atoms with Crippen LogP contribution in [0.1, 0.15) is 26.7 Å². The number of aliphatic hydroxyl groups is 1. The zero-order chi connectivity index (χ0) is 17.4.